The SMILES string of the molecule is N.O=NO.[Ti]. The largest absolute Gasteiger partial charge is 0.379 e. The van der Waals surface area contributed by atoms with Crippen LogP contribution in [0.25, 0.3) is 0 Å². The van der Waals surface area contributed by atoms with E-state index in [1.165, 1.54) is 5.34 Å². The van der Waals surface area contributed by atoms with Gasteiger partial charge in [-0.2, -0.15) is 0 Å². The first kappa shape index (κ1) is 19.6. The van der Waals surface area contributed by atoms with Gasteiger partial charge in [-0.15, -0.1) is 4.91 Å². The standard InChI is InChI=1S/HNO2.H3N.Ti/c2-1-3;;/h(H,2,3);1H3;. The van der Waals surface area contributed by atoms with Crippen LogP contribution in [-0.4, -0.2) is 5.21 Å². The van der Waals surface area contributed by atoms with E-state index in [1.807, 2.05) is 0 Å². The third-order valence-electron chi connectivity index (χ3n) is 0. The summed E-state index contributed by atoms with van der Waals surface area (Å²) in [4.78, 5) is 8.11. The van der Waals surface area contributed by atoms with Crippen LogP contribution in [0.3, 0.4) is 0 Å². The third-order valence-corrected chi connectivity index (χ3v) is 0. The van der Waals surface area contributed by atoms with Gasteiger partial charge in [-0.1, -0.05) is 0 Å². The van der Waals surface area contributed by atoms with Gasteiger partial charge in [0.25, 0.3) is 0 Å². The molecule has 0 aromatic heterocycles. The van der Waals surface area contributed by atoms with Crippen LogP contribution < -0.4 is 6.15 Å². The van der Waals surface area contributed by atoms with Crippen LogP contribution >= 0.6 is 0 Å². The molecular formula is H4N2O2Ti. The minimum absolute atomic E-state index is 0. The summed E-state index contributed by atoms with van der Waals surface area (Å²) in [6.07, 6.45) is 0. The van der Waals surface area contributed by atoms with Crippen molar-refractivity contribution in [2.24, 2.45) is 5.34 Å². The van der Waals surface area contributed by atoms with Gasteiger partial charge < -0.3 is 11.4 Å². The molecule has 0 aliphatic rings. The van der Waals surface area contributed by atoms with E-state index in [4.69, 9.17) is 10.1 Å². The monoisotopic (exact) mass is 112 g/mol. The van der Waals surface area contributed by atoms with Crippen molar-refractivity contribution >= 4 is 0 Å². The topological polar surface area (TPSA) is 84.7 Å². The second-order valence-corrected chi connectivity index (χ2v) is 0.0816. The van der Waals surface area contributed by atoms with Crippen LogP contribution in [0, 0.1) is 4.91 Å². The second-order valence-electron chi connectivity index (χ2n) is 0.0816. The molecule has 0 aromatic carbocycles. The molecule has 0 aromatic rings. The molecule has 0 spiro atoms. The van der Waals surface area contributed by atoms with Gasteiger partial charge in [0.1, 0.15) is 0 Å². The first-order valence-electron chi connectivity index (χ1n) is 0.383. The maximum Gasteiger partial charge on any atom is 0.152 e. The van der Waals surface area contributed by atoms with E-state index in [0.29, 0.717) is 0 Å². The molecule has 0 amide bonds. The molecule has 0 fully saturated rings. The van der Waals surface area contributed by atoms with Crippen molar-refractivity contribution in [1.82, 2.24) is 6.15 Å². The van der Waals surface area contributed by atoms with Crippen molar-refractivity contribution in [1.29, 1.82) is 0 Å². The molecule has 0 aliphatic carbocycles. The molecule has 0 aliphatic heterocycles. The predicted octanol–water partition coefficient (Wildman–Crippen LogP) is 0.301. The summed E-state index contributed by atoms with van der Waals surface area (Å²) in [5.74, 6) is 0. The summed E-state index contributed by atoms with van der Waals surface area (Å²) in [7, 11) is 0. The zero-order chi connectivity index (χ0) is 2.71. The van der Waals surface area contributed by atoms with Crippen LogP contribution in [0.5, 0.6) is 0 Å². The summed E-state index contributed by atoms with van der Waals surface area (Å²) in [6.45, 7) is 0. The fourth-order valence-electron chi connectivity index (χ4n) is 0. The van der Waals surface area contributed by atoms with Crippen LogP contribution in [0.15, 0.2) is 5.34 Å². The van der Waals surface area contributed by atoms with Crippen molar-refractivity contribution in [2.75, 3.05) is 0 Å². The first-order valence-corrected chi connectivity index (χ1v) is 0.383. The Bertz CT molecular complexity index is 15.1. The molecule has 4 N–H and O–H groups in total. The number of hydrogen-bond acceptors (Lipinski definition) is 3. The summed E-state index contributed by atoms with van der Waals surface area (Å²) in [5, 5.41) is 7.89. The molecule has 5 heteroatoms. The maximum atomic E-state index is 8.11. The molecule has 0 heterocycles. The molecule has 30 valence electrons. The molecule has 0 bridgehead atoms. The molecule has 4 nitrogen and oxygen atoms in total. The van der Waals surface area contributed by atoms with Crippen molar-refractivity contribution in [2.45, 2.75) is 0 Å². The van der Waals surface area contributed by atoms with E-state index in [1.54, 1.807) is 0 Å². The van der Waals surface area contributed by atoms with Crippen LogP contribution in [0.1, 0.15) is 0 Å². The van der Waals surface area contributed by atoms with Gasteiger partial charge in [0, 0.05) is 21.7 Å². The zero-order valence-electron chi connectivity index (χ0n) is 2.51. The van der Waals surface area contributed by atoms with Crippen molar-refractivity contribution in [3.63, 3.8) is 0 Å². The molecule has 5 heavy (non-hydrogen) atoms. The Morgan fingerprint density at radius 2 is 1.60 bits per heavy atom. The van der Waals surface area contributed by atoms with E-state index < -0.39 is 0 Å². The van der Waals surface area contributed by atoms with Crippen molar-refractivity contribution in [3.05, 3.63) is 4.91 Å². The van der Waals surface area contributed by atoms with E-state index in [9.17, 15) is 0 Å². The van der Waals surface area contributed by atoms with Crippen molar-refractivity contribution < 1.29 is 26.9 Å². The van der Waals surface area contributed by atoms with Gasteiger partial charge in [-0.3, -0.25) is 0 Å². The molecule has 0 radical (unpaired) electrons. The summed E-state index contributed by atoms with van der Waals surface area (Å²) < 4.78 is 0. The van der Waals surface area contributed by atoms with Gasteiger partial charge in [0.05, 0.1) is 0 Å². The second kappa shape index (κ2) is 33.4. The molecule has 0 atom stereocenters. The van der Waals surface area contributed by atoms with Crippen LogP contribution in [0.2, 0.25) is 0 Å². The predicted molar refractivity (Wildman–Crippen MR) is 12.6 cm³/mol. The van der Waals surface area contributed by atoms with Gasteiger partial charge in [0.2, 0.25) is 0 Å². The van der Waals surface area contributed by atoms with Crippen LogP contribution in [-0.2, 0) is 21.7 Å². The van der Waals surface area contributed by atoms with Gasteiger partial charge in [-0.25, -0.2) is 0 Å². The third kappa shape index (κ3) is 3180. The van der Waals surface area contributed by atoms with Crippen LogP contribution in [0.4, 0.5) is 0 Å². The summed E-state index contributed by atoms with van der Waals surface area (Å²) in [6, 6.07) is 0. The van der Waals surface area contributed by atoms with Gasteiger partial charge in [0.15, 0.2) is 5.34 Å². The normalized spacial score (nSPS) is 2.40. The summed E-state index contributed by atoms with van der Waals surface area (Å²) >= 11 is 0. The maximum absolute atomic E-state index is 8.11. The minimum Gasteiger partial charge on any atom is -0.379 e. The minimum atomic E-state index is 0. The number of rotatable bonds is 0. The first-order chi connectivity index (χ1) is 1.41. The Balaban J connectivity index is -0.0000000200. The Morgan fingerprint density at radius 1 is 1.60 bits per heavy atom. The molecule has 0 unspecified atom stereocenters. The molecule has 0 saturated heterocycles. The average Bonchev–Trinajstić information content (AvgIpc) is 0.918. The fraction of sp³-hybridized carbons (Fsp3) is 0. The van der Waals surface area contributed by atoms with Gasteiger partial charge >= 0.3 is 0 Å². The quantitative estimate of drug-likeness (QED) is 0.268. The van der Waals surface area contributed by atoms with Crippen molar-refractivity contribution in [3.8, 4) is 0 Å². The number of nitrogens with zero attached hydrogens (tertiary/aromatic N) is 1. The average molecular weight is 112 g/mol. The molecule has 0 rings (SSSR count). The van der Waals surface area contributed by atoms with E-state index in [2.05, 4.69) is 0 Å². The Hall–Kier alpha value is 0.0743. The Kier molecular flexibility index (Phi) is 131. The number of hydrogen-bond donors (Lipinski definition) is 2. The Morgan fingerprint density at radius 3 is 1.60 bits per heavy atom. The molecular weight excluding hydrogens is 108 g/mol. The van der Waals surface area contributed by atoms with E-state index in [-0.39, 0.29) is 27.9 Å². The molecule has 0 saturated carbocycles. The van der Waals surface area contributed by atoms with E-state index >= 15 is 0 Å². The summed E-state index contributed by atoms with van der Waals surface area (Å²) in [5.41, 5.74) is 0. The zero-order valence-corrected chi connectivity index (χ0v) is 4.07. The smallest absolute Gasteiger partial charge is 0.152 e. The van der Waals surface area contributed by atoms with E-state index in [0.717, 1.165) is 0 Å². The Labute approximate surface area is 44.0 Å². The van der Waals surface area contributed by atoms with Gasteiger partial charge in [-0.05, 0) is 0 Å². The fourth-order valence-corrected chi connectivity index (χ4v) is 0.